The molecule has 0 saturated heterocycles. The van der Waals surface area contributed by atoms with Crippen LogP contribution in [0.2, 0.25) is 0 Å². The summed E-state index contributed by atoms with van der Waals surface area (Å²) in [4.78, 5) is 16.1. The molecule has 14 aromatic rings. The minimum Gasteiger partial charge on any atom is -0.309 e. The van der Waals surface area contributed by atoms with Crippen molar-refractivity contribution in [2.75, 3.05) is 0 Å². The van der Waals surface area contributed by atoms with Crippen molar-refractivity contribution >= 4 is 107 Å². The monoisotopic (exact) mass is 819 g/mol. The van der Waals surface area contributed by atoms with Crippen LogP contribution in [0, 0.1) is 0 Å². The van der Waals surface area contributed by atoms with Gasteiger partial charge in [0, 0.05) is 58.5 Å². The highest BCUT2D eigenvalue weighted by Crippen LogP contribution is 2.44. The predicted molar refractivity (Wildman–Crippen MR) is 265 cm³/mol. The van der Waals surface area contributed by atoms with Gasteiger partial charge in [0.05, 0.1) is 22.1 Å². The molecule has 5 nitrogen and oxygen atoms in total. The van der Waals surface area contributed by atoms with Crippen molar-refractivity contribution < 1.29 is 0 Å². The molecule has 6 heteroatoms. The van der Waals surface area contributed by atoms with Crippen LogP contribution in [-0.4, -0.2) is 24.1 Å². The molecule has 14 rings (SSSR count). The molecular weight excluding hydrogens is 787 g/mol. The first-order chi connectivity index (χ1) is 31.3. The van der Waals surface area contributed by atoms with Crippen molar-refractivity contribution in [3.63, 3.8) is 0 Å². The summed E-state index contributed by atoms with van der Waals surface area (Å²) in [7, 11) is 0. The average Bonchev–Trinajstić information content (AvgIpc) is 4.02. The third-order valence-electron chi connectivity index (χ3n) is 13.0. The van der Waals surface area contributed by atoms with Crippen molar-refractivity contribution in [2.24, 2.45) is 0 Å². The lowest BCUT2D eigenvalue weighted by Crippen LogP contribution is -2.06. The Morgan fingerprint density at radius 1 is 0.349 bits per heavy atom. The lowest BCUT2D eigenvalue weighted by molar-refractivity contribution is 0.956. The maximum Gasteiger partial charge on any atom is 0.238 e. The highest BCUT2D eigenvalue weighted by molar-refractivity contribution is 7.26. The molecule has 4 aromatic heterocycles. The number of hydrogen-bond donors (Lipinski definition) is 0. The van der Waals surface area contributed by atoms with E-state index in [4.69, 9.17) is 15.0 Å². The van der Waals surface area contributed by atoms with Gasteiger partial charge in [-0.2, -0.15) is 9.97 Å². The summed E-state index contributed by atoms with van der Waals surface area (Å²) in [5.74, 6) is 1.86. The molecule has 0 aliphatic rings. The Morgan fingerprint density at radius 3 is 1.68 bits per heavy atom. The topological polar surface area (TPSA) is 48.5 Å². The fourth-order valence-electron chi connectivity index (χ4n) is 10.3. The van der Waals surface area contributed by atoms with Crippen molar-refractivity contribution in [1.29, 1.82) is 0 Å². The zero-order valence-corrected chi connectivity index (χ0v) is 34.5. The zero-order chi connectivity index (χ0) is 41.2. The van der Waals surface area contributed by atoms with E-state index in [-0.39, 0.29) is 0 Å². The van der Waals surface area contributed by atoms with Gasteiger partial charge in [-0.25, -0.2) is 4.98 Å². The normalized spacial score (nSPS) is 12.1. The van der Waals surface area contributed by atoms with Crippen molar-refractivity contribution in [2.45, 2.75) is 0 Å². The van der Waals surface area contributed by atoms with E-state index in [9.17, 15) is 0 Å². The Morgan fingerprint density at radius 2 is 0.921 bits per heavy atom. The number of fused-ring (bicyclic) bond motifs is 16. The van der Waals surface area contributed by atoms with E-state index in [2.05, 4.69) is 191 Å². The molecule has 0 aliphatic heterocycles. The summed E-state index contributed by atoms with van der Waals surface area (Å²) in [6.07, 6.45) is 0. The van der Waals surface area contributed by atoms with Crippen molar-refractivity contribution in [1.82, 2.24) is 24.1 Å². The van der Waals surface area contributed by atoms with Gasteiger partial charge in [-0.15, -0.1) is 11.3 Å². The van der Waals surface area contributed by atoms with Gasteiger partial charge in [-0.05, 0) is 74.8 Å². The summed E-state index contributed by atoms with van der Waals surface area (Å²) in [5.41, 5.74) is 7.40. The van der Waals surface area contributed by atoms with Crippen LogP contribution in [-0.2, 0) is 0 Å². The van der Waals surface area contributed by atoms with Gasteiger partial charge in [-0.1, -0.05) is 158 Å². The molecule has 63 heavy (non-hydrogen) atoms. The van der Waals surface area contributed by atoms with Gasteiger partial charge in [0.25, 0.3) is 0 Å². The third-order valence-corrected chi connectivity index (χ3v) is 14.2. The number of benzene rings is 10. The lowest BCUT2D eigenvalue weighted by Gasteiger charge is -2.14. The maximum absolute atomic E-state index is 5.47. The molecule has 292 valence electrons. The molecule has 0 saturated carbocycles. The van der Waals surface area contributed by atoms with Crippen LogP contribution in [0.25, 0.3) is 131 Å². The summed E-state index contributed by atoms with van der Waals surface area (Å²) >= 11 is 1.79. The van der Waals surface area contributed by atoms with E-state index >= 15 is 0 Å². The van der Waals surface area contributed by atoms with Crippen LogP contribution in [0.5, 0.6) is 0 Å². The minimum atomic E-state index is 0.580. The van der Waals surface area contributed by atoms with Gasteiger partial charge in [0.1, 0.15) is 0 Å². The van der Waals surface area contributed by atoms with Gasteiger partial charge in [0.2, 0.25) is 5.95 Å². The van der Waals surface area contributed by atoms with Crippen molar-refractivity contribution in [3.05, 3.63) is 200 Å². The largest absolute Gasteiger partial charge is 0.309 e. The Balaban J connectivity index is 1.09. The fraction of sp³-hybridized carbons (Fsp3) is 0. The Bertz CT molecular complexity index is 4180. The number of thiophene rings is 1. The standard InChI is InChI=1S/C57H33N5S/c1-2-15-34(16-3-1)55-58-56(46-25-14-24-44-42-22-10-13-28-51(42)63-54(44)46)60-57(59-55)62-48-26-11-8-21-41(48)43-31-32-50-52(53(43)62)45-23-9-12-27-49(45)61(50)35-29-30-40-38-19-5-4-17-36(38)37-18-6-7-20-39(37)47(40)33-35/h1-33H. The van der Waals surface area contributed by atoms with Gasteiger partial charge in [-0.3, -0.25) is 4.57 Å². The second-order valence-electron chi connectivity index (χ2n) is 16.3. The number of hydrogen-bond acceptors (Lipinski definition) is 4. The molecule has 0 atom stereocenters. The van der Waals surface area contributed by atoms with Crippen LogP contribution >= 0.6 is 11.3 Å². The highest BCUT2D eigenvalue weighted by Gasteiger charge is 2.24. The molecule has 10 aromatic carbocycles. The maximum atomic E-state index is 5.47. The van der Waals surface area contributed by atoms with Gasteiger partial charge < -0.3 is 4.57 Å². The van der Waals surface area contributed by atoms with E-state index in [0.29, 0.717) is 17.6 Å². The first kappa shape index (κ1) is 34.5. The van der Waals surface area contributed by atoms with Crippen molar-refractivity contribution in [3.8, 4) is 34.4 Å². The quantitative estimate of drug-likeness (QED) is 0.166. The number of para-hydroxylation sites is 2. The second kappa shape index (κ2) is 13.2. The highest BCUT2D eigenvalue weighted by atomic mass is 32.1. The summed E-state index contributed by atoms with van der Waals surface area (Å²) < 4.78 is 7.13. The van der Waals surface area contributed by atoms with Crippen LogP contribution in [0.15, 0.2) is 200 Å². The summed E-state index contributed by atoms with van der Waals surface area (Å²) in [6.45, 7) is 0. The fourth-order valence-corrected chi connectivity index (χ4v) is 11.5. The first-order valence-electron chi connectivity index (χ1n) is 21.3. The predicted octanol–water partition coefficient (Wildman–Crippen LogP) is 15.2. The van der Waals surface area contributed by atoms with E-state index < -0.39 is 0 Å². The Labute approximate surface area is 364 Å². The molecular formula is C57H33N5S. The van der Waals surface area contributed by atoms with E-state index in [1.807, 2.05) is 18.2 Å². The molecule has 0 fully saturated rings. The number of nitrogens with zero attached hydrogens (tertiary/aromatic N) is 5. The minimum absolute atomic E-state index is 0.580. The summed E-state index contributed by atoms with van der Waals surface area (Å²) in [5, 5.41) is 14.6. The lowest BCUT2D eigenvalue weighted by atomic mass is 9.94. The van der Waals surface area contributed by atoms with E-state index in [1.165, 1.54) is 57.9 Å². The first-order valence-corrected chi connectivity index (χ1v) is 22.1. The van der Waals surface area contributed by atoms with E-state index in [0.717, 1.165) is 55.0 Å². The molecule has 4 heterocycles. The molecule has 0 radical (unpaired) electrons. The molecule has 0 spiro atoms. The number of rotatable bonds is 4. The average molecular weight is 820 g/mol. The molecule has 0 bridgehead atoms. The smallest absolute Gasteiger partial charge is 0.238 e. The van der Waals surface area contributed by atoms with Crippen LogP contribution in [0.4, 0.5) is 0 Å². The van der Waals surface area contributed by atoms with Crippen LogP contribution < -0.4 is 0 Å². The number of aromatic nitrogens is 5. The molecule has 0 aliphatic carbocycles. The van der Waals surface area contributed by atoms with Gasteiger partial charge >= 0.3 is 0 Å². The Hall–Kier alpha value is -8.19. The van der Waals surface area contributed by atoms with Gasteiger partial charge in [0.15, 0.2) is 11.6 Å². The summed E-state index contributed by atoms with van der Waals surface area (Å²) in [6, 6.07) is 72.0. The van der Waals surface area contributed by atoms with E-state index in [1.54, 1.807) is 11.3 Å². The molecule has 0 N–H and O–H groups in total. The van der Waals surface area contributed by atoms with Crippen LogP contribution in [0.1, 0.15) is 0 Å². The zero-order valence-electron chi connectivity index (χ0n) is 33.7. The third kappa shape index (κ3) is 4.95. The SMILES string of the molecule is c1ccc(-c2nc(-c3cccc4c3sc3ccccc34)nc(-n3c4ccccc4c4ccc5c(c6ccccc6n5-c5ccc6c7ccccc7c7ccccc7c6c5)c43)n2)cc1. The molecule has 0 amide bonds. The second-order valence-corrected chi connectivity index (χ2v) is 17.4. The van der Waals surface area contributed by atoms with Crippen LogP contribution in [0.3, 0.4) is 0 Å². The Kier molecular flexibility index (Phi) is 7.21. The molecule has 0 unspecified atom stereocenters.